The summed E-state index contributed by atoms with van der Waals surface area (Å²) in [6.07, 6.45) is -3.27. The first-order valence-corrected chi connectivity index (χ1v) is 7.57. The second-order valence-electron chi connectivity index (χ2n) is 5.69. The van der Waals surface area contributed by atoms with Crippen LogP contribution in [0.25, 0.3) is 0 Å². The molecule has 0 aromatic heterocycles. The Morgan fingerprint density at radius 1 is 1.29 bits per heavy atom. The van der Waals surface area contributed by atoms with Gasteiger partial charge in [-0.25, -0.2) is 0 Å². The number of halogens is 3. The molecule has 24 heavy (non-hydrogen) atoms. The van der Waals surface area contributed by atoms with E-state index < -0.39 is 24.7 Å². The molecule has 1 heterocycles. The summed E-state index contributed by atoms with van der Waals surface area (Å²) in [5, 5.41) is 1.81. The summed E-state index contributed by atoms with van der Waals surface area (Å²) in [5.41, 5.74) is 0.910. The number of benzene rings is 1. The third-order valence-electron chi connectivity index (χ3n) is 3.67. The Morgan fingerprint density at radius 2 is 1.96 bits per heavy atom. The van der Waals surface area contributed by atoms with Crippen molar-refractivity contribution in [2.24, 2.45) is 0 Å². The monoisotopic (exact) mass is 344 g/mol. The fourth-order valence-electron chi connectivity index (χ4n) is 2.41. The molecule has 132 valence electrons. The van der Waals surface area contributed by atoms with Gasteiger partial charge in [0.2, 0.25) is 0 Å². The first kappa shape index (κ1) is 18.3. The van der Waals surface area contributed by atoms with E-state index >= 15 is 0 Å². The minimum absolute atomic E-state index is 0.0977. The first-order valence-electron chi connectivity index (χ1n) is 7.57. The average molecular weight is 344 g/mol. The molecule has 2 rings (SSSR count). The zero-order chi connectivity index (χ0) is 17.7. The molecule has 5 nitrogen and oxygen atoms in total. The Bertz CT molecular complexity index is 581. The van der Waals surface area contributed by atoms with E-state index in [0.29, 0.717) is 19.6 Å². The van der Waals surface area contributed by atoms with E-state index in [9.17, 15) is 22.8 Å². The summed E-state index contributed by atoms with van der Waals surface area (Å²) in [6, 6.07) is 6.10. The highest BCUT2D eigenvalue weighted by atomic mass is 19.4. The fourth-order valence-corrected chi connectivity index (χ4v) is 2.41. The van der Waals surface area contributed by atoms with Crippen LogP contribution in [0, 0.1) is 0 Å². The number of amides is 2. The molecule has 0 spiro atoms. The van der Waals surface area contributed by atoms with Crippen LogP contribution in [0.1, 0.15) is 28.8 Å². The maximum Gasteiger partial charge on any atom is 0.405 e. The number of likely N-dealkylation sites (N-methyl/N-ethyl adjacent to an activating group) is 1. The summed E-state index contributed by atoms with van der Waals surface area (Å²) in [6.45, 7) is -0.443. The number of nitrogens with zero attached hydrogens (tertiary/aromatic N) is 1. The molecule has 1 fully saturated rings. The third kappa shape index (κ3) is 5.23. The minimum atomic E-state index is -4.44. The van der Waals surface area contributed by atoms with Gasteiger partial charge in [-0.3, -0.25) is 9.59 Å². The molecule has 2 amide bonds. The fraction of sp³-hybridized carbons (Fsp3) is 0.500. The highest BCUT2D eigenvalue weighted by Crippen LogP contribution is 2.16. The molecule has 1 unspecified atom stereocenters. The standard InChI is InChI=1S/C16H19F3N2O3/c1-21(15(23)13-3-2-8-24-13)9-11-4-6-12(7-5-11)14(22)20-10-16(17,18)19/h4-7,13H,2-3,8-10H2,1H3,(H,20,22). The summed E-state index contributed by atoms with van der Waals surface area (Å²) >= 11 is 0. The highest BCUT2D eigenvalue weighted by molar-refractivity contribution is 5.94. The Morgan fingerprint density at radius 3 is 2.50 bits per heavy atom. The maximum atomic E-state index is 12.1. The SMILES string of the molecule is CN(Cc1ccc(C(=O)NCC(F)(F)F)cc1)C(=O)C1CCCO1. The molecule has 0 radical (unpaired) electrons. The molecule has 1 atom stereocenters. The van der Waals surface area contributed by atoms with E-state index in [1.54, 1.807) is 19.2 Å². The lowest BCUT2D eigenvalue weighted by Gasteiger charge is -2.20. The zero-order valence-electron chi connectivity index (χ0n) is 13.2. The number of rotatable bonds is 5. The van der Waals surface area contributed by atoms with Crippen molar-refractivity contribution in [3.05, 3.63) is 35.4 Å². The molecule has 1 aromatic carbocycles. The van der Waals surface area contributed by atoms with E-state index in [-0.39, 0.29) is 11.5 Å². The van der Waals surface area contributed by atoms with Gasteiger partial charge in [0.15, 0.2) is 0 Å². The maximum absolute atomic E-state index is 12.1. The van der Waals surface area contributed by atoms with E-state index in [0.717, 1.165) is 12.0 Å². The molecular formula is C16H19F3N2O3. The number of hydrogen-bond donors (Lipinski definition) is 1. The highest BCUT2D eigenvalue weighted by Gasteiger charge is 2.28. The van der Waals surface area contributed by atoms with E-state index in [1.807, 2.05) is 5.32 Å². The number of ether oxygens (including phenoxy) is 1. The Hall–Kier alpha value is -2.09. The summed E-state index contributed by atoms with van der Waals surface area (Å²) in [7, 11) is 1.66. The van der Waals surface area contributed by atoms with Gasteiger partial charge >= 0.3 is 6.18 Å². The quantitative estimate of drug-likeness (QED) is 0.890. The van der Waals surface area contributed by atoms with Crippen molar-refractivity contribution in [2.75, 3.05) is 20.2 Å². The van der Waals surface area contributed by atoms with Gasteiger partial charge in [-0.2, -0.15) is 13.2 Å². The lowest BCUT2D eigenvalue weighted by Crippen LogP contribution is -2.35. The lowest BCUT2D eigenvalue weighted by atomic mass is 10.1. The van der Waals surface area contributed by atoms with E-state index in [1.165, 1.54) is 17.0 Å². The van der Waals surface area contributed by atoms with Crippen LogP contribution in [0.4, 0.5) is 13.2 Å². The van der Waals surface area contributed by atoms with Crippen LogP contribution in [0.5, 0.6) is 0 Å². The second kappa shape index (κ2) is 7.65. The molecular weight excluding hydrogens is 325 g/mol. The van der Waals surface area contributed by atoms with Crippen LogP contribution in [0.3, 0.4) is 0 Å². The Labute approximate surface area is 137 Å². The number of alkyl halides is 3. The Balaban J connectivity index is 1.89. The Kier molecular flexibility index (Phi) is 5.82. The van der Waals surface area contributed by atoms with Crippen LogP contribution in [0.2, 0.25) is 0 Å². The first-order chi connectivity index (χ1) is 11.3. The summed E-state index contributed by atoms with van der Waals surface area (Å²) in [5.74, 6) is -0.887. The lowest BCUT2D eigenvalue weighted by molar-refractivity contribution is -0.140. The van der Waals surface area contributed by atoms with Gasteiger partial charge in [-0.1, -0.05) is 12.1 Å². The van der Waals surface area contributed by atoms with Gasteiger partial charge in [0.25, 0.3) is 11.8 Å². The number of nitrogens with one attached hydrogen (secondary N) is 1. The van der Waals surface area contributed by atoms with Crippen molar-refractivity contribution in [3.63, 3.8) is 0 Å². The van der Waals surface area contributed by atoms with Crippen molar-refractivity contribution >= 4 is 11.8 Å². The number of hydrogen-bond acceptors (Lipinski definition) is 3. The van der Waals surface area contributed by atoms with Crippen LogP contribution >= 0.6 is 0 Å². The molecule has 0 aliphatic carbocycles. The van der Waals surface area contributed by atoms with Crippen molar-refractivity contribution in [3.8, 4) is 0 Å². The van der Waals surface area contributed by atoms with E-state index in [2.05, 4.69) is 0 Å². The zero-order valence-corrected chi connectivity index (χ0v) is 13.2. The molecule has 8 heteroatoms. The smallest absolute Gasteiger partial charge is 0.368 e. The van der Waals surface area contributed by atoms with Crippen LogP contribution in [0.15, 0.2) is 24.3 Å². The van der Waals surface area contributed by atoms with Crippen molar-refractivity contribution in [2.45, 2.75) is 31.7 Å². The molecule has 1 N–H and O–H groups in total. The second-order valence-corrected chi connectivity index (χ2v) is 5.69. The third-order valence-corrected chi connectivity index (χ3v) is 3.67. The minimum Gasteiger partial charge on any atom is -0.368 e. The van der Waals surface area contributed by atoms with Crippen LogP contribution < -0.4 is 5.32 Å². The summed E-state index contributed by atoms with van der Waals surface area (Å²) in [4.78, 5) is 25.3. The molecule has 1 aliphatic heterocycles. The average Bonchev–Trinajstić information content (AvgIpc) is 3.06. The summed E-state index contributed by atoms with van der Waals surface area (Å²) < 4.78 is 41.6. The van der Waals surface area contributed by atoms with Crippen molar-refractivity contribution in [1.29, 1.82) is 0 Å². The van der Waals surface area contributed by atoms with Crippen LogP contribution in [-0.4, -0.2) is 49.2 Å². The number of carbonyl (C=O) groups is 2. The molecule has 1 saturated heterocycles. The van der Waals surface area contributed by atoms with Gasteiger partial charge in [-0.15, -0.1) is 0 Å². The number of carbonyl (C=O) groups excluding carboxylic acids is 2. The van der Waals surface area contributed by atoms with Crippen molar-refractivity contribution < 1.29 is 27.5 Å². The normalized spacial score (nSPS) is 17.6. The van der Waals surface area contributed by atoms with Crippen LogP contribution in [-0.2, 0) is 16.1 Å². The van der Waals surface area contributed by atoms with Gasteiger partial charge in [0.1, 0.15) is 12.6 Å². The molecule has 0 saturated carbocycles. The van der Waals surface area contributed by atoms with Gasteiger partial charge in [0.05, 0.1) is 0 Å². The predicted octanol–water partition coefficient (Wildman–Crippen LogP) is 2.12. The topological polar surface area (TPSA) is 58.6 Å². The predicted molar refractivity (Wildman–Crippen MR) is 80.3 cm³/mol. The molecule has 0 bridgehead atoms. The van der Waals surface area contributed by atoms with Gasteiger partial charge < -0.3 is 15.0 Å². The van der Waals surface area contributed by atoms with Gasteiger partial charge in [-0.05, 0) is 30.5 Å². The largest absolute Gasteiger partial charge is 0.405 e. The van der Waals surface area contributed by atoms with Crippen molar-refractivity contribution in [1.82, 2.24) is 10.2 Å². The molecule has 1 aliphatic rings. The molecule has 1 aromatic rings. The van der Waals surface area contributed by atoms with E-state index in [4.69, 9.17) is 4.74 Å². The van der Waals surface area contributed by atoms with Gasteiger partial charge in [0, 0.05) is 25.8 Å².